The lowest BCUT2D eigenvalue weighted by atomic mass is 10.0. The Bertz CT molecular complexity index is 740. The van der Waals surface area contributed by atoms with Gasteiger partial charge in [0.25, 0.3) is 0 Å². The van der Waals surface area contributed by atoms with Crippen LogP contribution in [0.3, 0.4) is 0 Å². The molecule has 0 aliphatic rings. The van der Waals surface area contributed by atoms with E-state index in [4.69, 9.17) is 14.2 Å². The lowest BCUT2D eigenvalue weighted by Crippen LogP contribution is -2.30. The van der Waals surface area contributed by atoms with E-state index < -0.39 is 6.10 Å². The number of carbonyl (C=O) groups excluding carboxylic acids is 2. The largest absolute Gasteiger partial charge is 0.462 e. The molecule has 0 saturated heterocycles. The molecule has 0 spiro atoms. The normalized spacial score (nSPS) is 12.0. The summed E-state index contributed by atoms with van der Waals surface area (Å²) in [6, 6.07) is 0. The Kier molecular flexibility index (Phi) is 45.3. The van der Waals surface area contributed by atoms with Gasteiger partial charge in [-0.15, -0.1) is 0 Å². The van der Waals surface area contributed by atoms with Crippen LogP contribution in [0.25, 0.3) is 0 Å². The van der Waals surface area contributed by atoms with Crippen LogP contribution >= 0.6 is 0 Å². The number of hydrogen-bond acceptors (Lipinski definition) is 5. The molecule has 0 amide bonds. The van der Waals surface area contributed by atoms with Crippen LogP contribution in [0.4, 0.5) is 0 Å². The molecular formula is C49H96O5. The minimum Gasteiger partial charge on any atom is -0.462 e. The van der Waals surface area contributed by atoms with Gasteiger partial charge in [0.15, 0.2) is 6.10 Å². The number of carbonyl (C=O) groups is 2. The van der Waals surface area contributed by atoms with Crippen molar-refractivity contribution in [2.45, 2.75) is 284 Å². The highest BCUT2D eigenvalue weighted by molar-refractivity contribution is 5.70. The fourth-order valence-corrected chi connectivity index (χ4v) is 7.45. The van der Waals surface area contributed by atoms with E-state index in [-0.39, 0.29) is 18.5 Å². The summed E-state index contributed by atoms with van der Waals surface area (Å²) in [4.78, 5) is 25.3. The molecule has 0 N–H and O–H groups in total. The number of ether oxygens (including phenoxy) is 3. The van der Waals surface area contributed by atoms with E-state index in [0.29, 0.717) is 26.1 Å². The van der Waals surface area contributed by atoms with Gasteiger partial charge in [0.05, 0.1) is 6.61 Å². The van der Waals surface area contributed by atoms with Crippen LogP contribution < -0.4 is 0 Å². The minimum atomic E-state index is -0.521. The number of hydrogen-bond donors (Lipinski definition) is 0. The van der Waals surface area contributed by atoms with Crippen LogP contribution in [0.15, 0.2) is 0 Å². The maximum Gasteiger partial charge on any atom is 0.306 e. The molecule has 5 heteroatoms. The van der Waals surface area contributed by atoms with E-state index >= 15 is 0 Å². The molecule has 54 heavy (non-hydrogen) atoms. The molecule has 0 aromatic heterocycles. The number of esters is 2. The van der Waals surface area contributed by atoms with Crippen molar-refractivity contribution in [1.82, 2.24) is 0 Å². The zero-order chi connectivity index (χ0) is 39.3. The topological polar surface area (TPSA) is 61.8 Å². The highest BCUT2D eigenvalue weighted by Gasteiger charge is 2.17. The van der Waals surface area contributed by atoms with Crippen LogP contribution in [0.1, 0.15) is 278 Å². The first kappa shape index (κ1) is 52.9. The maximum atomic E-state index is 12.7. The molecule has 0 bridgehead atoms. The Balaban J connectivity index is 4.18. The van der Waals surface area contributed by atoms with E-state index in [1.54, 1.807) is 0 Å². The zero-order valence-corrected chi connectivity index (χ0v) is 37.0. The van der Waals surface area contributed by atoms with Crippen LogP contribution in [0.5, 0.6) is 0 Å². The van der Waals surface area contributed by atoms with Gasteiger partial charge in [-0.2, -0.15) is 0 Å². The van der Waals surface area contributed by atoms with Crippen LogP contribution in [0, 0.1) is 0 Å². The van der Waals surface area contributed by atoms with Crippen LogP contribution in [-0.4, -0.2) is 37.9 Å². The molecule has 322 valence electrons. The Morgan fingerprint density at radius 1 is 0.333 bits per heavy atom. The molecule has 0 fully saturated rings. The molecule has 0 heterocycles. The van der Waals surface area contributed by atoms with Gasteiger partial charge in [-0.1, -0.05) is 245 Å². The third-order valence-electron chi connectivity index (χ3n) is 11.1. The van der Waals surface area contributed by atoms with Crippen molar-refractivity contribution in [3.05, 3.63) is 0 Å². The standard InChI is InChI=1S/C49H96O5/c1-4-7-10-13-16-19-22-24-26-29-32-35-38-41-44-52-45-47(54-49(51)43-40-37-34-31-27-21-18-15-12-9-6-3)46-53-48(50)42-39-36-33-30-28-25-23-20-17-14-11-8-5-2/h47H,4-46H2,1-3H3. The number of rotatable bonds is 46. The first-order valence-corrected chi connectivity index (χ1v) is 24.6. The van der Waals surface area contributed by atoms with Crippen LogP contribution in [0.2, 0.25) is 0 Å². The Hall–Kier alpha value is -1.10. The van der Waals surface area contributed by atoms with Crippen molar-refractivity contribution in [2.75, 3.05) is 19.8 Å². The predicted molar refractivity (Wildman–Crippen MR) is 233 cm³/mol. The van der Waals surface area contributed by atoms with E-state index in [0.717, 1.165) is 32.1 Å². The lowest BCUT2D eigenvalue weighted by molar-refractivity contribution is -0.163. The Labute approximate surface area is 338 Å². The highest BCUT2D eigenvalue weighted by atomic mass is 16.6. The second-order valence-corrected chi connectivity index (χ2v) is 16.7. The maximum absolute atomic E-state index is 12.7. The molecule has 0 rings (SSSR count). The average Bonchev–Trinajstić information content (AvgIpc) is 3.17. The fraction of sp³-hybridized carbons (Fsp3) is 0.959. The molecule has 0 aromatic carbocycles. The third kappa shape index (κ3) is 43.6. The summed E-state index contributed by atoms with van der Waals surface area (Å²) in [5.41, 5.74) is 0. The average molecular weight is 765 g/mol. The van der Waals surface area contributed by atoms with Crippen LogP contribution in [-0.2, 0) is 23.8 Å². The Morgan fingerprint density at radius 3 is 0.944 bits per heavy atom. The molecular weight excluding hydrogens is 669 g/mol. The molecule has 0 aromatic rings. The summed E-state index contributed by atoms with van der Waals surface area (Å²) in [5, 5.41) is 0. The lowest BCUT2D eigenvalue weighted by Gasteiger charge is -2.18. The highest BCUT2D eigenvalue weighted by Crippen LogP contribution is 2.16. The third-order valence-corrected chi connectivity index (χ3v) is 11.1. The smallest absolute Gasteiger partial charge is 0.306 e. The SMILES string of the molecule is CCCCCCCCCCCCCCCCOCC(COC(=O)CCCCCCCCCCCCCCC)OC(=O)CCCCCCCCCCCCC. The van der Waals surface area contributed by atoms with E-state index in [9.17, 15) is 9.59 Å². The second kappa shape index (κ2) is 46.3. The van der Waals surface area contributed by atoms with Gasteiger partial charge in [-0.3, -0.25) is 9.59 Å². The van der Waals surface area contributed by atoms with Gasteiger partial charge in [-0.05, 0) is 19.3 Å². The van der Waals surface area contributed by atoms with Crippen molar-refractivity contribution in [1.29, 1.82) is 0 Å². The predicted octanol–water partition coefficient (Wildman–Crippen LogP) is 16.1. The monoisotopic (exact) mass is 765 g/mol. The fourth-order valence-electron chi connectivity index (χ4n) is 7.45. The summed E-state index contributed by atoms with van der Waals surface area (Å²) >= 11 is 0. The van der Waals surface area contributed by atoms with Crippen molar-refractivity contribution in [3.63, 3.8) is 0 Å². The second-order valence-electron chi connectivity index (χ2n) is 16.7. The van der Waals surface area contributed by atoms with Gasteiger partial charge in [0, 0.05) is 19.4 Å². The van der Waals surface area contributed by atoms with Gasteiger partial charge in [-0.25, -0.2) is 0 Å². The molecule has 1 atom stereocenters. The molecule has 1 unspecified atom stereocenters. The summed E-state index contributed by atoms with van der Waals surface area (Å²) < 4.78 is 17.4. The first-order chi connectivity index (χ1) is 26.6. The van der Waals surface area contributed by atoms with E-state index in [1.807, 2.05) is 0 Å². The van der Waals surface area contributed by atoms with Crippen molar-refractivity contribution in [2.24, 2.45) is 0 Å². The summed E-state index contributed by atoms with van der Waals surface area (Å²) in [5.74, 6) is -0.375. The summed E-state index contributed by atoms with van der Waals surface area (Å²) in [6.07, 6.45) is 49.5. The summed E-state index contributed by atoms with van der Waals surface area (Å²) in [7, 11) is 0. The zero-order valence-electron chi connectivity index (χ0n) is 37.0. The van der Waals surface area contributed by atoms with Gasteiger partial charge in [0.1, 0.15) is 6.61 Å². The van der Waals surface area contributed by atoms with Gasteiger partial charge in [0.2, 0.25) is 0 Å². The molecule has 5 nitrogen and oxygen atoms in total. The minimum absolute atomic E-state index is 0.0972. The van der Waals surface area contributed by atoms with E-state index in [2.05, 4.69) is 20.8 Å². The van der Waals surface area contributed by atoms with Crippen molar-refractivity contribution < 1.29 is 23.8 Å². The summed E-state index contributed by atoms with van der Waals surface area (Å²) in [6.45, 7) is 7.89. The molecule has 0 aliphatic carbocycles. The van der Waals surface area contributed by atoms with E-state index in [1.165, 1.54) is 212 Å². The van der Waals surface area contributed by atoms with Gasteiger partial charge >= 0.3 is 11.9 Å². The Morgan fingerprint density at radius 2 is 0.611 bits per heavy atom. The molecule has 0 aliphatic heterocycles. The number of unbranched alkanes of at least 4 members (excludes halogenated alkanes) is 35. The van der Waals surface area contributed by atoms with Crippen molar-refractivity contribution >= 4 is 11.9 Å². The van der Waals surface area contributed by atoms with Gasteiger partial charge < -0.3 is 14.2 Å². The quantitative estimate of drug-likeness (QED) is 0.0456. The van der Waals surface area contributed by atoms with Crippen molar-refractivity contribution in [3.8, 4) is 0 Å². The molecule has 0 saturated carbocycles. The first-order valence-electron chi connectivity index (χ1n) is 24.6. The molecule has 0 radical (unpaired) electrons.